The molecule has 0 heterocycles. The monoisotopic (exact) mass is 279 g/mol. The summed E-state index contributed by atoms with van der Waals surface area (Å²) >= 11 is 0. The fourth-order valence-corrected chi connectivity index (χ4v) is 1.70. The Kier molecular flexibility index (Phi) is 5.57. The van der Waals surface area contributed by atoms with Crippen molar-refractivity contribution in [1.82, 2.24) is 5.32 Å². The Morgan fingerprint density at radius 1 is 1.35 bits per heavy atom. The van der Waals surface area contributed by atoms with Crippen molar-refractivity contribution in [1.29, 1.82) is 0 Å². The van der Waals surface area contributed by atoms with Crippen molar-refractivity contribution in [2.24, 2.45) is 0 Å². The number of ether oxygens (including phenoxy) is 1. The topological polar surface area (TPSA) is 58.6 Å². The maximum atomic E-state index is 11.9. The van der Waals surface area contributed by atoms with Crippen LogP contribution in [-0.2, 0) is 10.2 Å². The Balaban J connectivity index is 2.71. The third kappa shape index (κ3) is 4.85. The van der Waals surface area contributed by atoms with Gasteiger partial charge in [-0.05, 0) is 37.0 Å². The lowest BCUT2D eigenvalue weighted by Gasteiger charge is -2.21. The second-order valence-electron chi connectivity index (χ2n) is 6.13. The van der Waals surface area contributed by atoms with Crippen molar-refractivity contribution in [2.45, 2.75) is 52.2 Å². The van der Waals surface area contributed by atoms with Crippen LogP contribution < -0.4 is 10.1 Å². The van der Waals surface area contributed by atoms with Gasteiger partial charge in [-0.2, -0.15) is 0 Å². The van der Waals surface area contributed by atoms with Gasteiger partial charge in [-0.3, -0.25) is 4.79 Å². The van der Waals surface area contributed by atoms with Gasteiger partial charge in [-0.1, -0.05) is 32.9 Å². The average Bonchev–Trinajstić information content (AvgIpc) is 2.37. The first-order valence-corrected chi connectivity index (χ1v) is 6.92. The van der Waals surface area contributed by atoms with Crippen LogP contribution in [0.1, 0.15) is 40.2 Å². The quantitative estimate of drug-likeness (QED) is 0.869. The molecule has 4 nitrogen and oxygen atoms in total. The molecule has 0 spiro atoms. The summed E-state index contributed by atoms with van der Waals surface area (Å²) in [6.45, 7) is 9.74. The molecule has 0 saturated carbocycles. The minimum atomic E-state index is -0.598. The van der Waals surface area contributed by atoms with Gasteiger partial charge in [0.25, 0.3) is 5.91 Å². The normalized spacial score (nSPS) is 14.5. The molecule has 1 aromatic carbocycles. The number of rotatable bonds is 5. The van der Waals surface area contributed by atoms with E-state index < -0.39 is 6.10 Å². The number of hydrogen-bond acceptors (Lipinski definition) is 3. The van der Waals surface area contributed by atoms with Crippen LogP contribution >= 0.6 is 0 Å². The number of carbonyl (C=O) groups is 1. The zero-order valence-electron chi connectivity index (χ0n) is 12.9. The van der Waals surface area contributed by atoms with Gasteiger partial charge in [0, 0.05) is 6.04 Å². The maximum absolute atomic E-state index is 11.9. The second kappa shape index (κ2) is 6.75. The molecule has 0 fully saturated rings. The molecule has 2 unspecified atom stereocenters. The van der Waals surface area contributed by atoms with E-state index in [0.29, 0.717) is 5.75 Å². The Morgan fingerprint density at radius 2 is 2.00 bits per heavy atom. The van der Waals surface area contributed by atoms with Crippen molar-refractivity contribution in [3.63, 3.8) is 0 Å². The van der Waals surface area contributed by atoms with E-state index in [1.807, 2.05) is 24.3 Å². The summed E-state index contributed by atoms with van der Waals surface area (Å²) in [4.78, 5) is 11.9. The van der Waals surface area contributed by atoms with Gasteiger partial charge in [0.1, 0.15) is 5.75 Å². The first-order valence-electron chi connectivity index (χ1n) is 6.92. The first kappa shape index (κ1) is 16.5. The summed E-state index contributed by atoms with van der Waals surface area (Å²) < 4.78 is 5.66. The van der Waals surface area contributed by atoms with Crippen molar-refractivity contribution in [2.75, 3.05) is 6.61 Å². The van der Waals surface area contributed by atoms with E-state index in [0.717, 1.165) is 5.56 Å². The third-order valence-corrected chi connectivity index (χ3v) is 3.04. The number of carbonyl (C=O) groups excluding carboxylic acids is 1. The van der Waals surface area contributed by atoms with Crippen LogP contribution in [0.15, 0.2) is 24.3 Å². The van der Waals surface area contributed by atoms with Crippen LogP contribution in [0, 0.1) is 0 Å². The van der Waals surface area contributed by atoms with Gasteiger partial charge in [0.05, 0.1) is 6.61 Å². The Labute approximate surface area is 121 Å². The van der Waals surface area contributed by atoms with E-state index in [2.05, 4.69) is 26.1 Å². The summed E-state index contributed by atoms with van der Waals surface area (Å²) in [5.74, 6) is 0.449. The molecule has 0 aliphatic carbocycles. The number of amides is 1. The fraction of sp³-hybridized carbons (Fsp3) is 0.562. The van der Waals surface area contributed by atoms with E-state index in [4.69, 9.17) is 9.84 Å². The van der Waals surface area contributed by atoms with Crippen molar-refractivity contribution in [3.8, 4) is 5.75 Å². The maximum Gasteiger partial charge on any atom is 0.261 e. The number of aliphatic hydroxyl groups is 1. The fourth-order valence-electron chi connectivity index (χ4n) is 1.70. The molecule has 1 rings (SSSR count). The lowest BCUT2D eigenvalue weighted by molar-refractivity contribution is -0.128. The number of aliphatic hydroxyl groups excluding tert-OH is 1. The highest BCUT2D eigenvalue weighted by molar-refractivity contribution is 5.80. The largest absolute Gasteiger partial charge is 0.481 e. The molecule has 0 aromatic heterocycles. The van der Waals surface area contributed by atoms with Gasteiger partial charge in [0.2, 0.25) is 0 Å². The van der Waals surface area contributed by atoms with Crippen LogP contribution in [0.5, 0.6) is 5.75 Å². The van der Waals surface area contributed by atoms with Crippen LogP contribution in [0.3, 0.4) is 0 Å². The van der Waals surface area contributed by atoms with Gasteiger partial charge < -0.3 is 15.2 Å². The molecule has 0 aliphatic rings. The van der Waals surface area contributed by atoms with Gasteiger partial charge in [-0.15, -0.1) is 0 Å². The summed E-state index contributed by atoms with van der Waals surface area (Å²) in [6, 6.07) is 7.50. The molecule has 1 aromatic rings. The van der Waals surface area contributed by atoms with Crippen molar-refractivity contribution >= 4 is 5.91 Å². The zero-order chi connectivity index (χ0) is 15.3. The smallest absolute Gasteiger partial charge is 0.261 e. The molecular formula is C16H25NO3. The number of hydrogen-bond donors (Lipinski definition) is 2. The summed E-state index contributed by atoms with van der Waals surface area (Å²) in [7, 11) is 0. The predicted octanol–water partition coefficient (Wildman–Crippen LogP) is 2.25. The van der Waals surface area contributed by atoms with E-state index in [1.54, 1.807) is 13.8 Å². The summed E-state index contributed by atoms with van der Waals surface area (Å²) in [5.41, 5.74) is 1.20. The van der Waals surface area contributed by atoms with E-state index in [-0.39, 0.29) is 24.0 Å². The minimum absolute atomic E-state index is 0.0380. The highest BCUT2D eigenvalue weighted by Gasteiger charge is 2.18. The summed E-state index contributed by atoms with van der Waals surface area (Å²) in [6.07, 6.45) is -0.598. The predicted molar refractivity (Wildman–Crippen MR) is 79.9 cm³/mol. The Hall–Kier alpha value is -1.55. The second-order valence-corrected chi connectivity index (χ2v) is 6.13. The lowest BCUT2D eigenvalue weighted by Crippen LogP contribution is -2.42. The lowest BCUT2D eigenvalue weighted by atomic mass is 9.87. The first-order chi connectivity index (χ1) is 9.24. The number of benzene rings is 1. The van der Waals surface area contributed by atoms with Gasteiger partial charge in [0.15, 0.2) is 6.10 Å². The van der Waals surface area contributed by atoms with E-state index in [1.165, 1.54) is 0 Å². The molecule has 0 bridgehead atoms. The van der Waals surface area contributed by atoms with Gasteiger partial charge >= 0.3 is 0 Å². The standard InChI is InChI=1S/C16H25NO3/c1-11(10-18)17-15(19)12(2)20-14-8-6-7-13(9-14)16(3,4)5/h6-9,11-12,18H,10H2,1-5H3,(H,17,19). The molecule has 0 saturated heterocycles. The average molecular weight is 279 g/mol. The molecule has 1 amide bonds. The van der Waals surface area contributed by atoms with Crippen LogP contribution in [0.4, 0.5) is 0 Å². The Morgan fingerprint density at radius 3 is 2.55 bits per heavy atom. The van der Waals surface area contributed by atoms with Crippen molar-refractivity contribution in [3.05, 3.63) is 29.8 Å². The van der Waals surface area contributed by atoms with Crippen LogP contribution in [0.25, 0.3) is 0 Å². The highest BCUT2D eigenvalue weighted by Crippen LogP contribution is 2.26. The molecule has 2 N–H and O–H groups in total. The SMILES string of the molecule is CC(CO)NC(=O)C(C)Oc1cccc(C(C)(C)C)c1. The molecule has 2 atom stereocenters. The molecule has 20 heavy (non-hydrogen) atoms. The Bertz CT molecular complexity index is 451. The molecule has 112 valence electrons. The van der Waals surface area contributed by atoms with Crippen LogP contribution in [-0.4, -0.2) is 29.8 Å². The minimum Gasteiger partial charge on any atom is -0.481 e. The number of nitrogens with one attached hydrogen (secondary N) is 1. The molecule has 0 radical (unpaired) electrons. The molecular weight excluding hydrogens is 254 g/mol. The van der Waals surface area contributed by atoms with E-state index >= 15 is 0 Å². The molecule has 0 aliphatic heterocycles. The van der Waals surface area contributed by atoms with E-state index in [9.17, 15) is 4.79 Å². The highest BCUT2D eigenvalue weighted by atomic mass is 16.5. The van der Waals surface area contributed by atoms with Crippen LogP contribution in [0.2, 0.25) is 0 Å². The summed E-state index contributed by atoms with van der Waals surface area (Å²) in [5, 5.41) is 11.6. The molecule has 4 heteroatoms. The third-order valence-electron chi connectivity index (χ3n) is 3.04. The van der Waals surface area contributed by atoms with Gasteiger partial charge in [-0.25, -0.2) is 0 Å². The van der Waals surface area contributed by atoms with Crippen molar-refractivity contribution < 1.29 is 14.6 Å². The zero-order valence-corrected chi connectivity index (χ0v) is 12.9.